The van der Waals surface area contributed by atoms with E-state index in [9.17, 15) is 4.79 Å². The van der Waals surface area contributed by atoms with Gasteiger partial charge in [0.1, 0.15) is 0 Å². The Hall–Kier alpha value is -2.14. The highest BCUT2D eigenvalue weighted by Crippen LogP contribution is 2.28. The van der Waals surface area contributed by atoms with E-state index in [1.54, 1.807) is 11.8 Å². The van der Waals surface area contributed by atoms with Crippen LogP contribution in [-0.2, 0) is 0 Å². The van der Waals surface area contributed by atoms with Crippen molar-refractivity contribution in [1.82, 2.24) is 0 Å². The van der Waals surface area contributed by atoms with Gasteiger partial charge < -0.3 is 15.5 Å². The van der Waals surface area contributed by atoms with Crippen LogP contribution in [0.4, 0.5) is 21.9 Å². The molecule has 0 atom stereocenters. The molecule has 1 fully saturated rings. The molecule has 0 bridgehead atoms. The number of anilines is 3. The van der Waals surface area contributed by atoms with Crippen LogP contribution in [-0.4, -0.2) is 25.4 Å². The third-order valence-electron chi connectivity index (χ3n) is 4.18. The lowest BCUT2D eigenvalue weighted by atomic mass is 10.1. The Morgan fingerprint density at radius 1 is 1.00 bits per heavy atom. The van der Waals surface area contributed by atoms with Gasteiger partial charge in [0.2, 0.25) is 0 Å². The lowest BCUT2D eigenvalue weighted by Crippen LogP contribution is -2.30. The molecule has 2 N–H and O–H groups in total. The van der Waals surface area contributed by atoms with Crippen LogP contribution in [0.5, 0.6) is 0 Å². The maximum atomic E-state index is 12.4. The summed E-state index contributed by atoms with van der Waals surface area (Å²) >= 11 is 1.66. The number of nitrogens with one attached hydrogen (secondary N) is 2. The van der Waals surface area contributed by atoms with Crippen LogP contribution in [0.25, 0.3) is 0 Å². The molecule has 0 unspecified atom stereocenters. The van der Waals surface area contributed by atoms with Crippen molar-refractivity contribution < 1.29 is 4.79 Å². The van der Waals surface area contributed by atoms with Crippen molar-refractivity contribution in [3.05, 3.63) is 48.5 Å². The molecule has 3 rings (SSSR count). The smallest absolute Gasteiger partial charge is 0.323 e. The highest BCUT2D eigenvalue weighted by Gasteiger charge is 2.15. The number of urea groups is 1. The van der Waals surface area contributed by atoms with Gasteiger partial charge in [0.25, 0.3) is 0 Å². The minimum atomic E-state index is -0.210. The molecule has 1 aliphatic rings. The van der Waals surface area contributed by atoms with E-state index in [0.29, 0.717) is 0 Å². The van der Waals surface area contributed by atoms with Crippen LogP contribution >= 0.6 is 11.8 Å². The predicted molar refractivity (Wildman–Crippen MR) is 103 cm³/mol. The highest BCUT2D eigenvalue weighted by molar-refractivity contribution is 7.98. The molecule has 2 aromatic carbocycles. The molecule has 0 saturated carbocycles. The van der Waals surface area contributed by atoms with Gasteiger partial charge in [0.15, 0.2) is 0 Å². The third kappa shape index (κ3) is 4.23. The van der Waals surface area contributed by atoms with Crippen molar-refractivity contribution in [3.63, 3.8) is 0 Å². The largest absolute Gasteiger partial charge is 0.370 e. The summed E-state index contributed by atoms with van der Waals surface area (Å²) in [5, 5.41) is 5.91. The summed E-state index contributed by atoms with van der Waals surface area (Å²) in [4.78, 5) is 15.8. The van der Waals surface area contributed by atoms with Crippen molar-refractivity contribution in [2.45, 2.75) is 24.2 Å². The van der Waals surface area contributed by atoms with Gasteiger partial charge in [0.05, 0.1) is 11.4 Å². The molecule has 0 spiro atoms. The van der Waals surface area contributed by atoms with Crippen LogP contribution in [0, 0.1) is 0 Å². The van der Waals surface area contributed by atoms with Crippen molar-refractivity contribution in [3.8, 4) is 0 Å². The molecule has 126 valence electrons. The molecule has 0 radical (unpaired) electrons. The summed E-state index contributed by atoms with van der Waals surface area (Å²) in [5.41, 5.74) is 2.76. The summed E-state index contributed by atoms with van der Waals surface area (Å²) in [6, 6.07) is 15.7. The molecule has 0 aromatic heterocycles. The fourth-order valence-corrected chi connectivity index (χ4v) is 3.43. The number of hydrogen-bond donors (Lipinski definition) is 2. The average molecular weight is 341 g/mol. The molecule has 1 saturated heterocycles. The quantitative estimate of drug-likeness (QED) is 0.766. The van der Waals surface area contributed by atoms with E-state index in [1.165, 1.54) is 19.3 Å². The zero-order chi connectivity index (χ0) is 16.8. The Kier molecular flexibility index (Phi) is 5.64. The minimum Gasteiger partial charge on any atom is -0.370 e. The zero-order valence-electron chi connectivity index (χ0n) is 13.9. The number of thioether (sulfide) groups is 1. The maximum absolute atomic E-state index is 12.4. The molecule has 24 heavy (non-hydrogen) atoms. The van der Waals surface area contributed by atoms with E-state index in [2.05, 4.69) is 21.6 Å². The standard InChI is InChI=1S/C19H23N3OS/c1-24-16-9-7-8-15(14-16)20-19(23)21-17-10-3-4-11-18(17)22-12-5-2-6-13-22/h3-4,7-11,14H,2,5-6,12-13H2,1H3,(H2,20,21,23). The van der Waals surface area contributed by atoms with E-state index >= 15 is 0 Å². The first-order valence-electron chi connectivity index (χ1n) is 8.32. The number of rotatable bonds is 4. The van der Waals surface area contributed by atoms with Crippen molar-refractivity contribution in [1.29, 1.82) is 0 Å². The lowest BCUT2D eigenvalue weighted by Gasteiger charge is -2.30. The second-order valence-electron chi connectivity index (χ2n) is 5.88. The van der Waals surface area contributed by atoms with Crippen molar-refractivity contribution in [2.24, 2.45) is 0 Å². The summed E-state index contributed by atoms with van der Waals surface area (Å²) in [6.45, 7) is 2.10. The van der Waals surface area contributed by atoms with Gasteiger partial charge in [-0.15, -0.1) is 11.8 Å². The number of hydrogen-bond acceptors (Lipinski definition) is 3. The molecule has 2 aromatic rings. The Labute approximate surface area is 147 Å². The van der Waals surface area contributed by atoms with Crippen LogP contribution < -0.4 is 15.5 Å². The van der Waals surface area contributed by atoms with E-state index in [1.807, 2.05) is 48.7 Å². The SMILES string of the molecule is CSc1cccc(NC(=O)Nc2ccccc2N2CCCCC2)c1. The average Bonchev–Trinajstić information content (AvgIpc) is 2.63. The molecular formula is C19H23N3OS. The Morgan fingerprint density at radius 3 is 2.58 bits per heavy atom. The highest BCUT2D eigenvalue weighted by atomic mass is 32.2. The second kappa shape index (κ2) is 8.11. The van der Waals surface area contributed by atoms with E-state index in [-0.39, 0.29) is 6.03 Å². The van der Waals surface area contributed by atoms with Gasteiger partial charge in [0, 0.05) is 23.7 Å². The number of carbonyl (C=O) groups excluding carboxylic acids is 1. The molecule has 0 aliphatic carbocycles. The third-order valence-corrected chi connectivity index (χ3v) is 4.90. The Balaban J connectivity index is 1.70. The number of piperidine rings is 1. The van der Waals surface area contributed by atoms with Crippen molar-refractivity contribution in [2.75, 3.05) is 34.9 Å². The van der Waals surface area contributed by atoms with E-state index in [0.717, 1.165) is 35.0 Å². The molecule has 5 heteroatoms. The first-order valence-corrected chi connectivity index (χ1v) is 9.55. The number of amides is 2. The second-order valence-corrected chi connectivity index (χ2v) is 6.76. The molecular weight excluding hydrogens is 318 g/mol. The number of para-hydroxylation sites is 2. The molecule has 1 aliphatic heterocycles. The fraction of sp³-hybridized carbons (Fsp3) is 0.316. The van der Waals surface area contributed by atoms with Crippen molar-refractivity contribution >= 4 is 34.9 Å². The van der Waals surface area contributed by atoms with Gasteiger partial charge in [-0.05, 0) is 55.9 Å². The predicted octanol–water partition coefficient (Wildman–Crippen LogP) is 5.04. The summed E-state index contributed by atoms with van der Waals surface area (Å²) in [5.74, 6) is 0. The van der Waals surface area contributed by atoms with Crippen LogP contribution in [0.15, 0.2) is 53.4 Å². The Bertz CT molecular complexity index is 699. The number of carbonyl (C=O) groups is 1. The Morgan fingerprint density at radius 2 is 1.79 bits per heavy atom. The zero-order valence-corrected chi connectivity index (χ0v) is 14.7. The minimum absolute atomic E-state index is 0.210. The van der Waals surface area contributed by atoms with Gasteiger partial charge in [-0.2, -0.15) is 0 Å². The van der Waals surface area contributed by atoms with Crippen LogP contribution in [0.3, 0.4) is 0 Å². The summed E-state index contributed by atoms with van der Waals surface area (Å²) in [6.07, 6.45) is 5.73. The van der Waals surface area contributed by atoms with E-state index < -0.39 is 0 Å². The van der Waals surface area contributed by atoms with Gasteiger partial charge in [-0.1, -0.05) is 18.2 Å². The van der Waals surface area contributed by atoms with Crippen LogP contribution in [0.1, 0.15) is 19.3 Å². The first-order chi connectivity index (χ1) is 11.8. The molecule has 4 nitrogen and oxygen atoms in total. The monoisotopic (exact) mass is 341 g/mol. The maximum Gasteiger partial charge on any atom is 0.323 e. The lowest BCUT2D eigenvalue weighted by molar-refractivity contribution is 0.262. The fourth-order valence-electron chi connectivity index (χ4n) is 2.98. The molecule has 1 heterocycles. The number of benzene rings is 2. The topological polar surface area (TPSA) is 44.4 Å². The number of nitrogens with zero attached hydrogens (tertiary/aromatic N) is 1. The first kappa shape index (κ1) is 16.7. The summed E-state index contributed by atoms with van der Waals surface area (Å²) in [7, 11) is 0. The van der Waals surface area contributed by atoms with Gasteiger partial charge >= 0.3 is 6.03 Å². The van der Waals surface area contributed by atoms with Gasteiger partial charge in [-0.25, -0.2) is 4.79 Å². The van der Waals surface area contributed by atoms with Crippen LogP contribution in [0.2, 0.25) is 0 Å². The normalized spacial score (nSPS) is 14.3. The summed E-state index contributed by atoms with van der Waals surface area (Å²) < 4.78 is 0. The van der Waals surface area contributed by atoms with Gasteiger partial charge in [-0.3, -0.25) is 0 Å². The van der Waals surface area contributed by atoms with E-state index in [4.69, 9.17) is 0 Å². The molecule has 2 amide bonds.